The molecular formula is C15H16F3NO4S. The molecule has 0 spiro atoms. The number of hydrogen-bond acceptors (Lipinski definition) is 3. The van der Waals surface area contributed by atoms with E-state index in [9.17, 15) is 18.0 Å². The second kappa shape index (κ2) is 7.63. The van der Waals surface area contributed by atoms with Gasteiger partial charge in [0.15, 0.2) is 0 Å². The van der Waals surface area contributed by atoms with Crippen LogP contribution < -0.4 is 5.56 Å². The SMILES string of the molecule is CC(C)c1cccc(=O)n1-c1ccccc1.O=S(=O)(O)C(F)(F)F. The van der Waals surface area contributed by atoms with Crippen molar-refractivity contribution in [3.8, 4) is 5.69 Å². The number of rotatable bonds is 2. The number of benzene rings is 1. The van der Waals surface area contributed by atoms with Crippen molar-refractivity contribution in [2.45, 2.75) is 25.3 Å². The van der Waals surface area contributed by atoms with E-state index in [4.69, 9.17) is 13.0 Å². The molecule has 24 heavy (non-hydrogen) atoms. The van der Waals surface area contributed by atoms with Crippen molar-refractivity contribution in [1.82, 2.24) is 4.57 Å². The van der Waals surface area contributed by atoms with Crippen molar-refractivity contribution in [1.29, 1.82) is 0 Å². The summed E-state index contributed by atoms with van der Waals surface area (Å²) in [6.45, 7) is 4.18. The zero-order chi connectivity index (χ0) is 18.5. The lowest BCUT2D eigenvalue weighted by Crippen LogP contribution is -2.21. The lowest BCUT2D eigenvalue weighted by atomic mass is 10.1. The maximum atomic E-state index is 11.9. The van der Waals surface area contributed by atoms with Crippen LogP contribution in [-0.4, -0.2) is 23.0 Å². The van der Waals surface area contributed by atoms with Crippen molar-refractivity contribution in [2.75, 3.05) is 0 Å². The highest BCUT2D eigenvalue weighted by atomic mass is 32.2. The molecule has 132 valence electrons. The third kappa shape index (κ3) is 5.20. The van der Waals surface area contributed by atoms with Gasteiger partial charge >= 0.3 is 15.6 Å². The van der Waals surface area contributed by atoms with Crippen LogP contribution in [0.1, 0.15) is 25.5 Å². The number of halogens is 3. The number of nitrogens with zero attached hydrogens (tertiary/aromatic N) is 1. The van der Waals surface area contributed by atoms with Crippen LogP contribution in [0.3, 0.4) is 0 Å². The molecule has 0 aliphatic carbocycles. The van der Waals surface area contributed by atoms with E-state index in [1.165, 1.54) is 0 Å². The lowest BCUT2D eigenvalue weighted by molar-refractivity contribution is -0.0510. The highest BCUT2D eigenvalue weighted by Crippen LogP contribution is 2.20. The van der Waals surface area contributed by atoms with Crippen LogP contribution in [0, 0.1) is 0 Å². The summed E-state index contributed by atoms with van der Waals surface area (Å²) >= 11 is 0. The summed E-state index contributed by atoms with van der Waals surface area (Å²) in [6.07, 6.45) is 0. The van der Waals surface area contributed by atoms with Crippen molar-refractivity contribution in [3.05, 3.63) is 64.6 Å². The first-order valence-electron chi connectivity index (χ1n) is 6.76. The Morgan fingerprint density at radius 3 is 1.92 bits per heavy atom. The Morgan fingerprint density at radius 1 is 1.00 bits per heavy atom. The molecular weight excluding hydrogens is 347 g/mol. The highest BCUT2D eigenvalue weighted by molar-refractivity contribution is 7.86. The summed E-state index contributed by atoms with van der Waals surface area (Å²) in [4.78, 5) is 11.9. The fraction of sp³-hybridized carbons (Fsp3) is 0.267. The predicted octanol–water partition coefficient (Wildman–Crippen LogP) is 3.35. The van der Waals surface area contributed by atoms with Gasteiger partial charge in [0.05, 0.1) is 0 Å². The molecule has 0 unspecified atom stereocenters. The zero-order valence-corrected chi connectivity index (χ0v) is 13.7. The topological polar surface area (TPSA) is 76.4 Å². The third-order valence-electron chi connectivity index (χ3n) is 2.88. The Labute approximate surface area is 137 Å². The van der Waals surface area contributed by atoms with Crippen LogP contribution in [0.2, 0.25) is 0 Å². The number of hydrogen-bond donors (Lipinski definition) is 1. The summed E-state index contributed by atoms with van der Waals surface area (Å²) < 4.78 is 59.3. The number of pyridine rings is 1. The van der Waals surface area contributed by atoms with Gasteiger partial charge in [0.25, 0.3) is 5.56 Å². The molecule has 0 radical (unpaired) electrons. The van der Waals surface area contributed by atoms with E-state index < -0.39 is 15.6 Å². The Morgan fingerprint density at radius 2 is 1.50 bits per heavy atom. The first kappa shape index (κ1) is 19.9. The Hall–Kier alpha value is -2.13. The molecule has 0 aliphatic rings. The molecule has 0 saturated heterocycles. The Kier molecular flexibility index (Phi) is 6.33. The quantitative estimate of drug-likeness (QED) is 0.656. The Bertz CT molecular complexity index is 828. The van der Waals surface area contributed by atoms with Gasteiger partial charge in [-0.05, 0) is 24.1 Å². The molecule has 1 aromatic carbocycles. The van der Waals surface area contributed by atoms with Crippen molar-refractivity contribution in [2.24, 2.45) is 0 Å². The highest BCUT2D eigenvalue weighted by Gasteiger charge is 2.44. The maximum Gasteiger partial charge on any atom is 0.522 e. The van der Waals surface area contributed by atoms with Gasteiger partial charge in [-0.15, -0.1) is 0 Å². The Balaban J connectivity index is 0.000000307. The van der Waals surface area contributed by atoms with E-state index in [2.05, 4.69) is 13.8 Å². The summed E-state index contributed by atoms with van der Waals surface area (Å²) in [5.41, 5.74) is -3.54. The maximum absolute atomic E-state index is 11.9. The first-order valence-corrected chi connectivity index (χ1v) is 8.20. The second-order valence-electron chi connectivity index (χ2n) is 5.04. The molecule has 1 heterocycles. The molecule has 0 amide bonds. The standard InChI is InChI=1S/C14H15NO.CHF3O3S/c1-11(2)13-9-6-10-14(16)15(13)12-7-4-3-5-8-12;2-1(3,4)8(5,6)7/h3-11H,1-2H3;(H,5,6,7). The fourth-order valence-electron chi connectivity index (χ4n) is 1.81. The molecule has 1 aromatic heterocycles. The van der Waals surface area contributed by atoms with Crippen LogP contribution in [-0.2, 0) is 10.1 Å². The lowest BCUT2D eigenvalue weighted by Gasteiger charge is -2.14. The molecule has 2 aromatic rings. The molecule has 2 rings (SSSR count). The number of para-hydroxylation sites is 1. The smallest absolute Gasteiger partial charge is 0.281 e. The van der Waals surface area contributed by atoms with Gasteiger partial charge in [-0.3, -0.25) is 13.9 Å². The van der Waals surface area contributed by atoms with Crippen molar-refractivity contribution < 1.29 is 26.1 Å². The summed E-state index contributed by atoms with van der Waals surface area (Å²) in [5, 5.41) is 0. The van der Waals surface area contributed by atoms with Crippen LogP contribution in [0.4, 0.5) is 13.2 Å². The summed E-state index contributed by atoms with van der Waals surface area (Å²) in [5.74, 6) is 0.328. The van der Waals surface area contributed by atoms with Crippen molar-refractivity contribution >= 4 is 10.1 Å². The summed E-state index contributed by atoms with van der Waals surface area (Å²) in [6, 6.07) is 15.2. The minimum atomic E-state index is -5.84. The first-order chi connectivity index (χ1) is 10.9. The van der Waals surface area contributed by atoms with E-state index in [0.717, 1.165) is 11.4 Å². The monoisotopic (exact) mass is 363 g/mol. The minimum absolute atomic E-state index is 0.0254. The van der Waals surface area contributed by atoms with E-state index in [1.54, 1.807) is 10.6 Å². The van der Waals surface area contributed by atoms with Gasteiger partial charge in [0, 0.05) is 17.4 Å². The van der Waals surface area contributed by atoms with Crippen LogP contribution in [0.15, 0.2) is 53.3 Å². The van der Waals surface area contributed by atoms with Gasteiger partial charge < -0.3 is 0 Å². The van der Waals surface area contributed by atoms with Crippen LogP contribution in [0.5, 0.6) is 0 Å². The van der Waals surface area contributed by atoms with Crippen molar-refractivity contribution in [3.63, 3.8) is 0 Å². The molecule has 1 N–H and O–H groups in total. The molecule has 9 heteroatoms. The average molecular weight is 363 g/mol. The number of alkyl halides is 3. The molecule has 0 saturated carbocycles. The van der Waals surface area contributed by atoms with Gasteiger partial charge in [0.1, 0.15) is 0 Å². The van der Waals surface area contributed by atoms with Gasteiger partial charge in [-0.2, -0.15) is 21.6 Å². The zero-order valence-electron chi connectivity index (χ0n) is 12.9. The molecule has 0 fully saturated rings. The van der Waals surface area contributed by atoms with Gasteiger partial charge in [0.2, 0.25) is 0 Å². The second-order valence-corrected chi connectivity index (χ2v) is 6.45. The predicted molar refractivity (Wildman–Crippen MR) is 83.7 cm³/mol. The fourth-order valence-corrected chi connectivity index (χ4v) is 1.81. The van der Waals surface area contributed by atoms with E-state index in [-0.39, 0.29) is 5.56 Å². The summed E-state index contributed by atoms with van der Waals surface area (Å²) in [7, 11) is -5.84. The minimum Gasteiger partial charge on any atom is -0.281 e. The van der Waals surface area contributed by atoms with E-state index >= 15 is 0 Å². The van der Waals surface area contributed by atoms with Gasteiger partial charge in [-0.1, -0.05) is 38.1 Å². The van der Waals surface area contributed by atoms with Gasteiger partial charge in [-0.25, -0.2) is 0 Å². The number of aromatic nitrogens is 1. The molecule has 5 nitrogen and oxygen atoms in total. The van der Waals surface area contributed by atoms with E-state index in [1.807, 2.05) is 42.5 Å². The molecule has 0 aliphatic heterocycles. The largest absolute Gasteiger partial charge is 0.522 e. The molecule has 0 atom stereocenters. The van der Waals surface area contributed by atoms with Crippen LogP contribution >= 0.6 is 0 Å². The van der Waals surface area contributed by atoms with E-state index in [0.29, 0.717) is 5.92 Å². The molecule has 0 bridgehead atoms. The average Bonchev–Trinajstić information content (AvgIpc) is 2.46. The normalized spacial score (nSPS) is 11.8. The van der Waals surface area contributed by atoms with Crippen LogP contribution in [0.25, 0.3) is 5.69 Å². The third-order valence-corrected chi connectivity index (χ3v) is 3.47.